The van der Waals surface area contributed by atoms with E-state index in [1.807, 2.05) is 0 Å². The zero-order chi connectivity index (χ0) is 12.3. The quantitative estimate of drug-likeness (QED) is 0.797. The fourth-order valence-electron chi connectivity index (χ4n) is 3.36. The van der Waals surface area contributed by atoms with Crippen molar-refractivity contribution >= 4 is 0 Å². The van der Waals surface area contributed by atoms with Gasteiger partial charge in [0.2, 0.25) is 0 Å². The maximum atomic E-state index is 3.56. The molecule has 0 aliphatic carbocycles. The summed E-state index contributed by atoms with van der Waals surface area (Å²) in [6.07, 6.45) is 1.32. The Kier molecular flexibility index (Phi) is 4.83. The molecule has 17 heavy (non-hydrogen) atoms. The van der Waals surface area contributed by atoms with E-state index >= 15 is 0 Å². The number of hydrogen-bond acceptors (Lipinski definition) is 3. The first-order valence-corrected chi connectivity index (χ1v) is 7.37. The third kappa shape index (κ3) is 3.43. The number of piperazine rings is 1. The second-order valence-corrected chi connectivity index (χ2v) is 6.12. The van der Waals surface area contributed by atoms with Gasteiger partial charge in [-0.2, -0.15) is 0 Å². The van der Waals surface area contributed by atoms with Crippen LogP contribution in [0.4, 0.5) is 0 Å². The molecule has 2 aliphatic heterocycles. The van der Waals surface area contributed by atoms with E-state index in [2.05, 4.69) is 35.9 Å². The van der Waals surface area contributed by atoms with Crippen LogP contribution < -0.4 is 5.32 Å². The van der Waals surface area contributed by atoms with Gasteiger partial charge in [-0.1, -0.05) is 27.2 Å². The minimum absolute atomic E-state index is 0.804. The van der Waals surface area contributed by atoms with Crippen molar-refractivity contribution < 1.29 is 0 Å². The lowest BCUT2D eigenvalue weighted by Gasteiger charge is -2.40. The molecule has 2 fully saturated rings. The van der Waals surface area contributed by atoms with Gasteiger partial charge in [-0.3, -0.25) is 4.90 Å². The zero-order valence-electron chi connectivity index (χ0n) is 11.8. The maximum absolute atomic E-state index is 3.56. The highest BCUT2D eigenvalue weighted by Gasteiger charge is 2.32. The smallest absolute Gasteiger partial charge is 0.0261 e. The third-order valence-electron chi connectivity index (χ3n) is 4.33. The van der Waals surface area contributed by atoms with Gasteiger partial charge in [0.25, 0.3) is 0 Å². The lowest BCUT2D eigenvalue weighted by atomic mass is 9.98. The highest BCUT2D eigenvalue weighted by molar-refractivity contribution is 4.90. The van der Waals surface area contributed by atoms with Crippen molar-refractivity contribution in [1.29, 1.82) is 0 Å². The van der Waals surface area contributed by atoms with Crippen molar-refractivity contribution in [1.82, 2.24) is 15.1 Å². The summed E-state index contributed by atoms with van der Waals surface area (Å²) in [5, 5.41) is 3.56. The molecule has 0 radical (unpaired) electrons. The molecule has 2 unspecified atom stereocenters. The van der Waals surface area contributed by atoms with Crippen LogP contribution in [-0.4, -0.2) is 61.7 Å². The van der Waals surface area contributed by atoms with Crippen molar-refractivity contribution in [2.45, 2.75) is 33.2 Å². The largest absolute Gasteiger partial charge is 0.315 e. The Labute approximate surface area is 107 Å². The molecule has 100 valence electrons. The third-order valence-corrected chi connectivity index (χ3v) is 4.33. The predicted octanol–water partition coefficient (Wildman–Crippen LogP) is 1.26. The van der Waals surface area contributed by atoms with E-state index in [9.17, 15) is 0 Å². The van der Waals surface area contributed by atoms with E-state index in [4.69, 9.17) is 0 Å². The van der Waals surface area contributed by atoms with Crippen LogP contribution in [0.2, 0.25) is 0 Å². The SMILES string of the molecule is CCC1CNCC1N1CCN(CC(C)C)CC1. The Morgan fingerprint density at radius 2 is 1.82 bits per heavy atom. The van der Waals surface area contributed by atoms with Crippen LogP contribution in [0.3, 0.4) is 0 Å². The van der Waals surface area contributed by atoms with E-state index in [1.165, 1.54) is 52.2 Å². The molecule has 2 heterocycles. The summed E-state index contributed by atoms with van der Waals surface area (Å²) >= 11 is 0. The van der Waals surface area contributed by atoms with Gasteiger partial charge in [-0.25, -0.2) is 0 Å². The van der Waals surface area contributed by atoms with E-state index < -0.39 is 0 Å². The Morgan fingerprint density at radius 3 is 2.41 bits per heavy atom. The van der Waals surface area contributed by atoms with Crippen LogP contribution in [-0.2, 0) is 0 Å². The van der Waals surface area contributed by atoms with E-state index in [0.717, 1.165) is 17.9 Å². The second-order valence-electron chi connectivity index (χ2n) is 6.12. The Morgan fingerprint density at radius 1 is 1.12 bits per heavy atom. The summed E-state index contributed by atoms with van der Waals surface area (Å²) in [5.74, 6) is 1.68. The van der Waals surface area contributed by atoms with Crippen molar-refractivity contribution in [3.05, 3.63) is 0 Å². The van der Waals surface area contributed by atoms with Gasteiger partial charge in [-0.05, 0) is 18.4 Å². The molecule has 2 aliphatic rings. The normalized spacial score (nSPS) is 32.5. The molecule has 0 aromatic carbocycles. The van der Waals surface area contributed by atoms with Gasteiger partial charge in [0.15, 0.2) is 0 Å². The molecular formula is C14H29N3. The van der Waals surface area contributed by atoms with Crippen LogP contribution in [0.15, 0.2) is 0 Å². The zero-order valence-corrected chi connectivity index (χ0v) is 11.8. The topological polar surface area (TPSA) is 18.5 Å². The van der Waals surface area contributed by atoms with Crippen LogP contribution in [0.25, 0.3) is 0 Å². The first kappa shape index (κ1) is 13.3. The minimum Gasteiger partial charge on any atom is -0.315 e. The number of rotatable bonds is 4. The number of nitrogens with one attached hydrogen (secondary N) is 1. The lowest BCUT2D eigenvalue weighted by Crippen LogP contribution is -2.53. The summed E-state index contributed by atoms with van der Waals surface area (Å²) in [7, 11) is 0. The molecule has 1 N–H and O–H groups in total. The molecule has 0 aromatic heterocycles. The Balaban J connectivity index is 1.78. The van der Waals surface area contributed by atoms with Crippen LogP contribution in [0.5, 0.6) is 0 Å². The maximum Gasteiger partial charge on any atom is 0.0261 e. The van der Waals surface area contributed by atoms with Crippen molar-refractivity contribution in [3.8, 4) is 0 Å². The molecule has 0 spiro atoms. The summed E-state index contributed by atoms with van der Waals surface area (Å²) < 4.78 is 0. The van der Waals surface area contributed by atoms with Gasteiger partial charge < -0.3 is 10.2 Å². The molecule has 2 saturated heterocycles. The summed E-state index contributed by atoms with van der Waals surface area (Å²) in [6.45, 7) is 15.8. The first-order chi connectivity index (χ1) is 8.20. The Bertz CT molecular complexity index is 222. The average molecular weight is 239 g/mol. The summed E-state index contributed by atoms with van der Waals surface area (Å²) in [5.41, 5.74) is 0. The van der Waals surface area contributed by atoms with Crippen molar-refractivity contribution in [3.63, 3.8) is 0 Å². The van der Waals surface area contributed by atoms with E-state index in [0.29, 0.717) is 0 Å². The second kappa shape index (κ2) is 6.17. The average Bonchev–Trinajstić information content (AvgIpc) is 2.77. The van der Waals surface area contributed by atoms with Gasteiger partial charge in [0.05, 0.1) is 0 Å². The Hall–Kier alpha value is -0.120. The van der Waals surface area contributed by atoms with Crippen LogP contribution in [0.1, 0.15) is 27.2 Å². The standard InChI is InChI=1S/C14H29N3/c1-4-13-9-15-10-14(13)17-7-5-16(6-8-17)11-12(2)3/h12-15H,4-11H2,1-3H3. The molecule has 0 saturated carbocycles. The molecule has 3 heteroatoms. The predicted molar refractivity (Wildman–Crippen MR) is 73.3 cm³/mol. The fraction of sp³-hybridized carbons (Fsp3) is 1.00. The van der Waals surface area contributed by atoms with Gasteiger partial charge in [0.1, 0.15) is 0 Å². The molecule has 0 bridgehead atoms. The minimum atomic E-state index is 0.804. The molecule has 0 aromatic rings. The highest BCUT2D eigenvalue weighted by atomic mass is 15.3. The van der Waals surface area contributed by atoms with E-state index in [-0.39, 0.29) is 0 Å². The molecule has 0 amide bonds. The number of hydrogen-bond donors (Lipinski definition) is 1. The van der Waals surface area contributed by atoms with Gasteiger partial charge in [0, 0.05) is 45.3 Å². The molecular weight excluding hydrogens is 210 g/mol. The first-order valence-electron chi connectivity index (χ1n) is 7.37. The highest BCUT2D eigenvalue weighted by Crippen LogP contribution is 2.20. The summed E-state index contributed by atoms with van der Waals surface area (Å²) in [4.78, 5) is 5.36. The van der Waals surface area contributed by atoms with E-state index in [1.54, 1.807) is 0 Å². The monoisotopic (exact) mass is 239 g/mol. The molecule has 2 atom stereocenters. The fourth-order valence-corrected chi connectivity index (χ4v) is 3.36. The molecule has 3 nitrogen and oxygen atoms in total. The van der Waals surface area contributed by atoms with Crippen molar-refractivity contribution in [2.24, 2.45) is 11.8 Å². The number of nitrogens with zero attached hydrogens (tertiary/aromatic N) is 2. The van der Waals surface area contributed by atoms with Gasteiger partial charge >= 0.3 is 0 Å². The van der Waals surface area contributed by atoms with Crippen molar-refractivity contribution in [2.75, 3.05) is 45.8 Å². The van der Waals surface area contributed by atoms with Crippen LogP contribution in [0, 0.1) is 11.8 Å². The lowest BCUT2D eigenvalue weighted by molar-refractivity contribution is 0.0789. The summed E-state index contributed by atoms with van der Waals surface area (Å²) in [6, 6.07) is 0.807. The van der Waals surface area contributed by atoms with Gasteiger partial charge in [-0.15, -0.1) is 0 Å². The van der Waals surface area contributed by atoms with Crippen LogP contribution >= 0.6 is 0 Å². The molecule has 2 rings (SSSR count).